The highest BCUT2D eigenvalue weighted by Crippen LogP contribution is 2.13. The molecule has 0 saturated carbocycles. The molecule has 1 atom stereocenters. The summed E-state index contributed by atoms with van der Waals surface area (Å²) < 4.78 is 0. The van der Waals surface area contributed by atoms with Gasteiger partial charge in [0.15, 0.2) is 0 Å². The number of rotatable bonds is 5. The summed E-state index contributed by atoms with van der Waals surface area (Å²) in [6.07, 6.45) is 1.62. The summed E-state index contributed by atoms with van der Waals surface area (Å²) >= 11 is 0. The van der Waals surface area contributed by atoms with Crippen LogP contribution in [0.2, 0.25) is 0 Å². The SMILES string of the molecule is CC(C)=CC(=O)NCC(C)N(C)c1ccccc1. The van der Waals surface area contributed by atoms with Crippen molar-refractivity contribution in [3.05, 3.63) is 42.0 Å². The van der Waals surface area contributed by atoms with Crippen molar-refractivity contribution >= 4 is 11.6 Å². The van der Waals surface area contributed by atoms with E-state index in [1.165, 1.54) is 0 Å². The minimum atomic E-state index is -0.0247. The molecule has 18 heavy (non-hydrogen) atoms. The molecule has 1 unspecified atom stereocenters. The monoisotopic (exact) mass is 246 g/mol. The maximum atomic E-state index is 11.5. The number of para-hydroxylation sites is 1. The predicted octanol–water partition coefficient (Wildman–Crippen LogP) is 2.59. The van der Waals surface area contributed by atoms with Gasteiger partial charge in [0.05, 0.1) is 0 Å². The van der Waals surface area contributed by atoms with E-state index >= 15 is 0 Å². The number of carbonyl (C=O) groups is 1. The first kappa shape index (κ1) is 14.3. The number of anilines is 1. The summed E-state index contributed by atoms with van der Waals surface area (Å²) in [5.74, 6) is -0.0247. The molecule has 3 heteroatoms. The van der Waals surface area contributed by atoms with Gasteiger partial charge in [-0.05, 0) is 32.9 Å². The topological polar surface area (TPSA) is 32.3 Å². The van der Waals surface area contributed by atoms with E-state index in [1.807, 2.05) is 39.1 Å². The van der Waals surface area contributed by atoms with Crippen molar-refractivity contribution < 1.29 is 4.79 Å². The van der Waals surface area contributed by atoms with Crippen molar-refractivity contribution in [2.75, 3.05) is 18.5 Å². The fourth-order valence-corrected chi connectivity index (χ4v) is 1.62. The molecule has 1 amide bonds. The van der Waals surface area contributed by atoms with Crippen LogP contribution in [0, 0.1) is 0 Å². The second-order valence-corrected chi connectivity index (χ2v) is 4.76. The molecule has 0 aliphatic heterocycles. The third kappa shape index (κ3) is 4.62. The standard InChI is InChI=1S/C15H22N2O/c1-12(2)10-15(18)16-11-13(3)17(4)14-8-6-5-7-9-14/h5-10,13H,11H2,1-4H3,(H,16,18). The van der Waals surface area contributed by atoms with Crippen LogP contribution in [0.25, 0.3) is 0 Å². The van der Waals surface area contributed by atoms with Gasteiger partial charge in [-0.25, -0.2) is 0 Å². The third-order valence-electron chi connectivity index (χ3n) is 2.82. The van der Waals surface area contributed by atoms with E-state index in [1.54, 1.807) is 6.08 Å². The number of nitrogens with one attached hydrogen (secondary N) is 1. The van der Waals surface area contributed by atoms with Crippen molar-refractivity contribution in [2.45, 2.75) is 26.8 Å². The zero-order valence-corrected chi connectivity index (χ0v) is 11.6. The molecule has 0 aromatic heterocycles. The summed E-state index contributed by atoms with van der Waals surface area (Å²) in [7, 11) is 2.03. The van der Waals surface area contributed by atoms with E-state index < -0.39 is 0 Å². The molecule has 3 nitrogen and oxygen atoms in total. The molecular weight excluding hydrogens is 224 g/mol. The van der Waals surface area contributed by atoms with Crippen molar-refractivity contribution in [2.24, 2.45) is 0 Å². The first-order valence-corrected chi connectivity index (χ1v) is 6.21. The van der Waals surface area contributed by atoms with Crippen LogP contribution in [0.5, 0.6) is 0 Å². The Hall–Kier alpha value is -1.77. The molecule has 0 saturated heterocycles. The highest BCUT2D eigenvalue weighted by Gasteiger charge is 2.10. The fourth-order valence-electron chi connectivity index (χ4n) is 1.62. The van der Waals surface area contributed by atoms with Gasteiger partial charge in [0, 0.05) is 31.4 Å². The first-order chi connectivity index (χ1) is 8.50. The highest BCUT2D eigenvalue weighted by atomic mass is 16.1. The molecule has 0 heterocycles. The number of nitrogens with zero attached hydrogens (tertiary/aromatic N) is 1. The molecule has 0 aliphatic carbocycles. The molecule has 0 aliphatic rings. The second-order valence-electron chi connectivity index (χ2n) is 4.76. The summed E-state index contributed by atoms with van der Waals surface area (Å²) in [5, 5.41) is 2.91. The number of hydrogen-bond donors (Lipinski definition) is 1. The van der Waals surface area contributed by atoms with E-state index in [2.05, 4.69) is 29.3 Å². The zero-order chi connectivity index (χ0) is 13.5. The van der Waals surface area contributed by atoms with Gasteiger partial charge >= 0.3 is 0 Å². The van der Waals surface area contributed by atoms with Gasteiger partial charge in [-0.15, -0.1) is 0 Å². The number of benzene rings is 1. The second kappa shape index (κ2) is 6.84. The van der Waals surface area contributed by atoms with Gasteiger partial charge in [0.1, 0.15) is 0 Å². The lowest BCUT2D eigenvalue weighted by Crippen LogP contribution is -2.39. The van der Waals surface area contributed by atoms with Crippen LogP contribution in [0.15, 0.2) is 42.0 Å². The van der Waals surface area contributed by atoms with Crippen LogP contribution >= 0.6 is 0 Å². The summed E-state index contributed by atoms with van der Waals surface area (Å²) in [6.45, 7) is 6.56. The lowest BCUT2D eigenvalue weighted by atomic mass is 10.2. The van der Waals surface area contributed by atoms with E-state index in [9.17, 15) is 4.79 Å². The Labute approximate surface area is 109 Å². The number of allylic oxidation sites excluding steroid dienone is 1. The average Bonchev–Trinajstić information content (AvgIpc) is 2.35. The molecule has 0 bridgehead atoms. The van der Waals surface area contributed by atoms with Gasteiger partial charge in [0.2, 0.25) is 5.91 Å². The fraction of sp³-hybridized carbons (Fsp3) is 0.400. The van der Waals surface area contributed by atoms with Crippen LogP contribution in [-0.2, 0) is 4.79 Å². The van der Waals surface area contributed by atoms with Crippen LogP contribution in [-0.4, -0.2) is 25.5 Å². The molecule has 1 rings (SSSR count). The maximum Gasteiger partial charge on any atom is 0.243 e. The van der Waals surface area contributed by atoms with E-state index in [-0.39, 0.29) is 11.9 Å². The Morgan fingerprint density at radius 1 is 1.33 bits per heavy atom. The molecule has 1 aromatic carbocycles. The summed E-state index contributed by atoms with van der Waals surface area (Å²) in [4.78, 5) is 13.7. The van der Waals surface area contributed by atoms with Crippen molar-refractivity contribution in [1.29, 1.82) is 0 Å². The Morgan fingerprint density at radius 2 is 1.94 bits per heavy atom. The molecule has 0 fully saturated rings. The zero-order valence-electron chi connectivity index (χ0n) is 11.6. The van der Waals surface area contributed by atoms with Crippen LogP contribution < -0.4 is 10.2 Å². The molecular formula is C15H22N2O. The molecule has 0 spiro atoms. The van der Waals surface area contributed by atoms with Gasteiger partial charge in [0.25, 0.3) is 0 Å². The van der Waals surface area contributed by atoms with E-state index in [0.717, 1.165) is 11.3 Å². The van der Waals surface area contributed by atoms with Crippen LogP contribution in [0.4, 0.5) is 5.69 Å². The number of likely N-dealkylation sites (N-methyl/N-ethyl adjacent to an activating group) is 1. The van der Waals surface area contributed by atoms with Crippen molar-refractivity contribution in [3.63, 3.8) is 0 Å². The van der Waals surface area contributed by atoms with Gasteiger partial charge < -0.3 is 10.2 Å². The van der Waals surface area contributed by atoms with E-state index in [0.29, 0.717) is 6.54 Å². The van der Waals surface area contributed by atoms with Crippen LogP contribution in [0.1, 0.15) is 20.8 Å². The summed E-state index contributed by atoms with van der Waals surface area (Å²) in [6, 6.07) is 10.4. The minimum Gasteiger partial charge on any atom is -0.370 e. The maximum absolute atomic E-state index is 11.5. The lowest BCUT2D eigenvalue weighted by molar-refractivity contribution is -0.116. The number of carbonyl (C=O) groups excluding carboxylic acids is 1. The lowest BCUT2D eigenvalue weighted by Gasteiger charge is -2.27. The minimum absolute atomic E-state index is 0.0247. The third-order valence-corrected chi connectivity index (χ3v) is 2.82. The normalized spacial score (nSPS) is 11.6. The molecule has 0 radical (unpaired) electrons. The predicted molar refractivity (Wildman–Crippen MR) is 76.7 cm³/mol. The van der Waals surface area contributed by atoms with Crippen LogP contribution in [0.3, 0.4) is 0 Å². The Kier molecular flexibility index (Phi) is 5.43. The summed E-state index contributed by atoms with van der Waals surface area (Å²) in [5.41, 5.74) is 2.16. The van der Waals surface area contributed by atoms with Gasteiger partial charge in [-0.2, -0.15) is 0 Å². The Balaban J connectivity index is 2.49. The molecule has 1 aromatic rings. The number of hydrogen-bond acceptors (Lipinski definition) is 2. The quantitative estimate of drug-likeness (QED) is 0.810. The Morgan fingerprint density at radius 3 is 2.50 bits per heavy atom. The van der Waals surface area contributed by atoms with Gasteiger partial charge in [-0.1, -0.05) is 23.8 Å². The average molecular weight is 246 g/mol. The van der Waals surface area contributed by atoms with Gasteiger partial charge in [-0.3, -0.25) is 4.79 Å². The highest BCUT2D eigenvalue weighted by molar-refractivity contribution is 5.88. The van der Waals surface area contributed by atoms with Crippen molar-refractivity contribution in [3.8, 4) is 0 Å². The largest absolute Gasteiger partial charge is 0.370 e. The Bertz CT molecular complexity index is 408. The first-order valence-electron chi connectivity index (χ1n) is 6.21. The number of amides is 1. The van der Waals surface area contributed by atoms with E-state index in [4.69, 9.17) is 0 Å². The van der Waals surface area contributed by atoms with Crippen molar-refractivity contribution in [1.82, 2.24) is 5.32 Å². The molecule has 1 N–H and O–H groups in total. The molecule has 98 valence electrons. The smallest absolute Gasteiger partial charge is 0.243 e.